The summed E-state index contributed by atoms with van der Waals surface area (Å²) >= 11 is 1.43. The van der Waals surface area contributed by atoms with E-state index >= 15 is 0 Å². The van der Waals surface area contributed by atoms with Crippen molar-refractivity contribution in [3.63, 3.8) is 0 Å². The standard InChI is InChI=1S/C11H16N2O2S/c1-8-12-5-10(16-8)11(15)13-4-2-3-9(6-13)7-14/h5,9,14H,2-4,6-7H2,1H3. The Labute approximate surface area is 98.9 Å². The zero-order valence-electron chi connectivity index (χ0n) is 9.35. The fourth-order valence-electron chi connectivity index (χ4n) is 2.01. The van der Waals surface area contributed by atoms with Crippen molar-refractivity contribution in [2.24, 2.45) is 5.92 Å². The molecule has 0 aromatic carbocycles. The van der Waals surface area contributed by atoms with E-state index in [1.165, 1.54) is 11.3 Å². The van der Waals surface area contributed by atoms with Crippen molar-refractivity contribution >= 4 is 17.2 Å². The lowest BCUT2D eigenvalue weighted by Crippen LogP contribution is -2.40. The number of aromatic nitrogens is 1. The number of aryl methyl sites for hydroxylation is 1. The minimum absolute atomic E-state index is 0.0590. The summed E-state index contributed by atoms with van der Waals surface area (Å²) in [6.07, 6.45) is 3.64. The first-order valence-electron chi connectivity index (χ1n) is 5.53. The number of hydrogen-bond donors (Lipinski definition) is 1. The number of aliphatic hydroxyl groups is 1. The van der Waals surface area contributed by atoms with E-state index in [1.807, 2.05) is 11.8 Å². The van der Waals surface area contributed by atoms with Gasteiger partial charge < -0.3 is 10.0 Å². The summed E-state index contributed by atoms with van der Waals surface area (Å²) in [7, 11) is 0. The van der Waals surface area contributed by atoms with Crippen LogP contribution in [0.4, 0.5) is 0 Å². The molecule has 1 aliphatic heterocycles. The largest absolute Gasteiger partial charge is 0.396 e. The zero-order chi connectivity index (χ0) is 11.5. The first-order chi connectivity index (χ1) is 7.70. The van der Waals surface area contributed by atoms with E-state index in [1.54, 1.807) is 6.20 Å². The van der Waals surface area contributed by atoms with Crippen LogP contribution in [-0.4, -0.2) is 40.6 Å². The third-order valence-electron chi connectivity index (χ3n) is 2.90. The van der Waals surface area contributed by atoms with Crippen LogP contribution in [0.5, 0.6) is 0 Å². The molecule has 1 aromatic rings. The Morgan fingerprint density at radius 3 is 3.19 bits per heavy atom. The van der Waals surface area contributed by atoms with Gasteiger partial charge in [0.1, 0.15) is 4.88 Å². The minimum Gasteiger partial charge on any atom is -0.396 e. The monoisotopic (exact) mass is 240 g/mol. The Morgan fingerprint density at radius 2 is 2.56 bits per heavy atom. The Bertz CT molecular complexity index is 378. The van der Waals surface area contributed by atoms with Crippen molar-refractivity contribution in [3.05, 3.63) is 16.1 Å². The predicted octanol–water partition coefficient (Wildman–Crippen LogP) is 1.30. The van der Waals surface area contributed by atoms with Gasteiger partial charge in [-0.15, -0.1) is 11.3 Å². The number of aliphatic hydroxyl groups excluding tert-OH is 1. The second-order valence-electron chi connectivity index (χ2n) is 4.19. The lowest BCUT2D eigenvalue weighted by molar-refractivity contribution is 0.0625. The summed E-state index contributed by atoms with van der Waals surface area (Å²) in [5.74, 6) is 0.301. The molecule has 88 valence electrons. The van der Waals surface area contributed by atoms with Crippen LogP contribution in [-0.2, 0) is 0 Å². The fraction of sp³-hybridized carbons (Fsp3) is 0.636. The van der Waals surface area contributed by atoms with Crippen LogP contribution < -0.4 is 0 Å². The van der Waals surface area contributed by atoms with Crippen LogP contribution in [0.1, 0.15) is 27.5 Å². The number of rotatable bonds is 2. The highest BCUT2D eigenvalue weighted by atomic mass is 32.1. The first kappa shape index (κ1) is 11.5. The van der Waals surface area contributed by atoms with Crippen molar-refractivity contribution in [1.29, 1.82) is 0 Å². The molecule has 0 spiro atoms. The second kappa shape index (κ2) is 4.93. The summed E-state index contributed by atoms with van der Waals surface area (Å²) < 4.78 is 0. The van der Waals surface area contributed by atoms with Gasteiger partial charge in [0.15, 0.2) is 0 Å². The van der Waals surface area contributed by atoms with Gasteiger partial charge in [0.25, 0.3) is 5.91 Å². The van der Waals surface area contributed by atoms with Gasteiger partial charge >= 0.3 is 0 Å². The molecule has 4 nitrogen and oxygen atoms in total. The van der Waals surface area contributed by atoms with E-state index in [0.29, 0.717) is 11.4 Å². The van der Waals surface area contributed by atoms with E-state index in [4.69, 9.17) is 5.11 Å². The van der Waals surface area contributed by atoms with Crippen LogP contribution in [0, 0.1) is 12.8 Å². The summed E-state index contributed by atoms with van der Waals surface area (Å²) in [6.45, 7) is 3.54. The Hall–Kier alpha value is -0.940. The van der Waals surface area contributed by atoms with Gasteiger partial charge in [-0.05, 0) is 25.7 Å². The van der Waals surface area contributed by atoms with Crippen LogP contribution in [0.3, 0.4) is 0 Å². The van der Waals surface area contributed by atoms with Crippen LogP contribution >= 0.6 is 11.3 Å². The molecular formula is C11H16N2O2S. The fourth-order valence-corrected chi connectivity index (χ4v) is 2.76. The molecule has 0 radical (unpaired) electrons. The molecule has 0 aliphatic carbocycles. The number of likely N-dealkylation sites (tertiary alicyclic amines) is 1. The lowest BCUT2D eigenvalue weighted by atomic mass is 9.99. The quantitative estimate of drug-likeness (QED) is 0.847. The Kier molecular flexibility index (Phi) is 3.56. The highest BCUT2D eigenvalue weighted by molar-refractivity contribution is 7.13. The molecule has 1 N–H and O–H groups in total. The second-order valence-corrected chi connectivity index (χ2v) is 5.42. The number of carbonyl (C=O) groups is 1. The van der Waals surface area contributed by atoms with Gasteiger partial charge in [0.05, 0.1) is 11.2 Å². The van der Waals surface area contributed by atoms with Crippen LogP contribution in [0.25, 0.3) is 0 Å². The van der Waals surface area contributed by atoms with Crippen molar-refractivity contribution in [2.75, 3.05) is 19.7 Å². The van der Waals surface area contributed by atoms with Crippen molar-refractivity contribution < 1.29 is 9.90 Å². The van der Waals surface area contributed by atoms with Gasteiger partial charge in [-0.25, -0.2) is 4.98 Å². The maximum atomic E-state index is 12.1. The molecule has 1 unspecified atom stereocenters. The number of piperidine rings is 1. The highest BCUT2D eigenvalue weighted by Crippen LogP contribution is 2.20. The highest BCUT2D eigenvalue weighted by Gasteiger charge is 2.24. The molecule has 1 fully saturated rings. The molecule has 0 bridgehead atoms. The topological polar surface area (TPSA) is 53.4 Å². The average molecular weight is 240 g/mol. The molecule has 2 heterocycles. The normalized spacial score (nSPS) is 21.1. The number of carbonyl (C=O) groups excluding carboxylic acids is 1. The Morgan fingerprint density at radius 1 is 1.75 bits per heavy atom. The van der Waals surface area contributed by atoms with E-state index < -0.39 is 0 Å². The van der Waals surface area contributed by atoms with Gasteiger partial charge in [0, 0.05) is 19.7 Å². The average Bonchev–Trinajstić information content (AvgIpc) is 2.75. The van der Waals surface area contributed by atoms with Gasteiger partial charge in [-0.1, -0.05) is 0 Å². The molecule has 2 rings (SSSR count). The number of nitrogens with zero attached hydrogens (tertiary/aromatic N) is 2. The summed E-state index contributed by atoms with van der Waals surface area (Å²) in [5, 5.41) is 10.0. The number of hydrogen-bond acceptors (Lipinski definition) is 4. The minimum atomic E-state index is 0.0590. The van der Waals surface area contributed by atoms with Crippen molar-refractivity contribution in [2.45, 2.75) is 19.8 Å². The molecular weight excluding hydrogens is 224 g/mol. The number of amides is 1. The molecule has 0 saturated carbocycles. The van der Waals surface area contributed by atoms with E-state index in [-0.39, 0.29) is 18.4 Å². The SMILES string of the molecule is Cc1ncc(C(=O)N2CCCC(CO)C2)s1. The maximum absolute atomic E-state index is 12.1. The first-order valence-corrected chi connectivity index (χ1v) is 6.35. The third kappa shape index (κ3) is 2.41. The smallest absolute Gasteiger partial charge is 0.265 e. The Balaban J connectivity index is 2.04. The molecule has 1 amide bonds. The molecule has 1 atom stereocenters. The van der Waals surface area contributed by atoms with Gasteiger partial charge in [-0.2, -0.15) is 0 Å². The van der Waals surface area contributed by atoms with Crippen LogP contribution in [0.15, 0.2) is 6.20 Å². The predicted molar refractivity (Wildman–Crippen MR) is 62.6 cm³/mol. The summed E-state index contributed by atoms with van der Waals surface area (Å²) in [6, 6.07) is 0. The van der Waals surface area contributed by atoms with E-state index in [9.17, 15) is 4.79 Å². The lowest BCUT2D eigenvalue weighted by Gasteiger charge is -2.31. The van der Waals surface area contributed by atoms with Crippen molar-refractivity contribution in [1.82, 2.24) is 9.88 Å². The number of thiazole rings is 1. The van der Waals surface area contributed by atoms with Crippen LogP contribution in [0.2, 0.25) is 0 Å². The zero-order valence-corrected chi connectivity index (χ0v) is 10.2. The molecule has 1 saturated heterocycles. The third-order valence-corrected chi connectivity index (χ3v) is 3.80. The van der Waals surface area contributed by atoms with E-state index in [0.717, 1.165) is 24.4 Å². The maximum Gasteiger partial charge on any atom is 0.265 e. The van der Waals surface area contributed by atoms with Crippen molar-refractivity contribution in [3.8, 4) is 0 Å². The van der Waals surface area contributed by atoms with Gasteiger partial charge in [0.2, 0.25) is 0 Å². The molecule has 16 heavy (non-hydrogen) atoms. The summed E-state index contributed by atoms with van der Waals surface area (Å²) in [5.41, 5.74) is 0. The van der Waals surface area contributed by atoms with E-state index in [2.05, 4.69) is 4.98 Å². The molecule has 1 aromatic heterocycles. The van der Waals surface area contributed by atoms with Gasteiger partial charge in [-0.3, -0.25) is 4.79 Å². The molecule has 1 aliphatic rings. The molecule has 5 heteroatoms. The summed E-state index contributed by atoms with van der Waals surface area (Å²) in [4.78, 5) is 18.7.